The average molecular weight is 189 g/mol. The van der Waals surface area contributed by atoms with Crippen molar-refractivity contribution in [1.82, 2.24) is 0 Å². The van der Waals surface area contributed by atoms with Crippen LogP contribution in [0.5, 0.6) is 0 Å². The van der Waals surface area contributed by atoms with Gasteiger partial charge in [-0.1, -0.05) is 0 Å². The van der Waals surface area contributed by atoms with Crippen LogP contribution in [0.3, 0.4) is 0 Å². The van der Waals surface area contributed by atoms with Crippen LogP contribution in [-0.4, -0.2) is 15.8 Å². The van der Waals surface area contributed by atoms with E-state index in [1.54, 1.807) is 0 Å². The minimum absolute atomic E-state index is 0.479. The molecular formula is C8H18As. The van der Waals surface area contributed by atoms with E-state index < -0.39 is 0 Å². The van der Waals surface area contributed by atoms with Gasteiger partial charge in [0.15, 0.2) is 0 Å². The van der Waals surface area contributed by atoms with Crippen LogP contribution in [0.2, 0.25) is 8.41 Å². The van der Waals surface area contributed by atoms with Gasteiger partial charge >= 0.3 is 65.7 Å². The third-order valence-electron chi connectivity index (χ3n) is 0.671. The van der Waals surface area contributed by atoms with Gasteiger partial charge in [0.1, 0.15) is 0 Å². The molecule has 0 aromatic heterocycles. The van der Waals surface area contributed by atoms with E-state index >= 15 is 0 Å². The van der Waals surface area contributed by atoms with Crippen LogP contribution in [-0.2, 0) is 0 Å². The van der Waals surface area contributed by atoms with Crippen LogP contribution in [0, 0.1) is 0 Å². The second-order valence-corrected chi connectivity index (χ2v) is 10.6. The van der Waals surface area contributed by atoms with Gasteiger partial charge < -0.3 is 0 Å². The van der Waals surface area contributed by atoms with E-state index in [2.05, 4.69) is 41.5 Å². The summed E-state index contributed by atoms with van der Waals surface area (Å²) in [5.41, 5.74) is 0. The summed E-state index contributed by atoms with van der Waals surface area (Å²) in [4.78, 5) is 0. The summed E-state index contributed by atoms with van der Waals surface area (Å²) in [5.74, 6) is 0. The number of hydrogen-bond acceptors (Lipinski definition) is 0. The summed E-state index contributed by atoms with van der Waals surface area (Å²) < 4.78 is 1.16. The molecule has 1 heteroatoms. The molecule has 0 aromatic carbocycles. The molecule has 0 bridgehead atoms. The molecule has 0 aromatic rings. The minimum atomic E-state index is 0.479. The molecule has 0 aliphatic rings. The second-order valence-electron chi connectivity index (χ2n) is 4.45. The van der Waals surface area contributed by atoms with E-state index in [4.69, 9.17) is 0 Å². The van der Waals surface area contributed by atoms with Crippen LogP contribution >= 0.6 is 0 Å². The molecule has 0 aliphatic heterocycles. The first-order chi connectivity index (χ1) is 3.71. The van der Waals surface area contributed by atoms with Crippen LogP contribution in [0.25, 0.3) is 0 Å². The van der Waals surface area contributed by atoms with Gasteiger partial charge in [-0.2, -0.15) is 0 Å². The van der Waals surface area contributed by atoms with Gasteiger partial charge in [0.2, 0.25) is 0 Å². The van der Waals surface area contributed by atoms with Gasteiger partial charge in [0.05, 0.1) is 0 Å². The fraction of sp³-hybridized carbons (Fsp3) is 1.00. The molecule has 0 saturated carbocycles. The molecule has 0 fully saturated rings. The maximum absolute atomic E-state index is 2.33. The van der Waals surface area contributed by atoms with E-state index in [-0.39, 0.29) is 0 Å². The third-order valence-corrected chi connectivity index (χ3v) is 3.49. The topological polar surface area (TPSA) is 0 Å². The summed E-state index contributed by atoms with van der Waals surface area (Å²) in [6, 6.07) is 0. The van der Waals surface area contributed by atoms with Crippen LogP contribution in [0.4, 0.5) is 0 Å². The van der Waals surface area contributed by atoms with Crippen molar-refractivity contribution in [3.8, 4) is 0 Å². The molecule has 55 valence electrons. The van der Waals surface area contributed by atoms with Crippen molar-refractivity contribution in [2.75, 3.05) is 0 Å². The fourth-order valence-corrected chi connectivity index (χ4v) is 5.23. The van der Waals surface area contributed by atoms with E-state index in [1.165, 1.54) is 0 Å². The molecule has 9 heavy (non-hydrogen) atoms. The first kappa shape index (κ1) is 9.56. The molecule has 0 nitrogen and oxygen atoms in total. The van der Waals surface area contributed by atoms with Gasteiger partial charge in [-0.25, -0.2) is 0 Å². The normalized spacial score (nSPS) is 14.0. The van der Waals surface area contributed by atoms with Crippen molar-refractivity contribution in [3.05, 3.63) is 0 Å². The van der Waals surface area contributed by atoms with Gasteiger partial charge in [-0.15, -0.1) is 0 Å². The van der Waals surface area contributed by atoms with E-state index in [0.29, 0.717) is 24.2 Å². The van der Waals surface area contributed by atoms with Crippen molar-refractivity contribution in [2.24, 2.45) is 0 Å². The molecule has 0 rings (SSSR count). The van der Waals surface area contributed by atoms with Gasteiger partial charge in [-0.05, 0) is 0 Å². The van der Waals surface area contributed by atoms with Crippen molar-refractivity contribution in [3.63, 3.8) is 0 Å². The van der Waals surface area contributed by atoms with Gasteiger partial charge in [0.25, 0.3) is 0 Å². The predicted octanol–water partition coefficient (Wildman–Crippen LogP) is 3.13. The summed E-state index contributed by atoms with van der Waals surface area (Å²) in [7, 11) is 0. The van der Waals surface area contributed by atoms with Crippen LogP contribution in [0.1, 0.15) is 41.5 Å². The Labute approximate surface area is 66.1 Å². The Morgan fingerprint density at radius 2 is 0.889 bits per heavy atom. The van der Waals surface area contributed by atoms with Gasteiger partial charge in [0, 0.05) is 0 Å². The molecule has 0 unspecified atom stereocenters. The molecular weight excluding hydrogens is 171 g/mol. The molecule has 0 heterocycles. The summed E-state index contributed by atoms with van der Waals surface area (Å²) in [5, 5.41) is 0. The van der Waals surface area contributed by atoms with Crippen LogP contribution < -0.4 is 0 Å². The quantitative estimate of drug-likeness (QED) is 0.513. The monoisotopic (exact) mass is 189 g/mol. The molecule has 0 aliphatic carbocycles. The molecule has 0 saturated heterocycles. The summed E-state index contributed by atoms with van der Waals surface area (Å²) >= 11 is 0.479. The molecule has 0 atom stereocenters. The molecule has 0 spiro atoms. The van der Waals surface area contributed by atoms with Crippen molar-refractivity contribution in [1.29, 1.82) is 0 Å². The standard InChI is InChI=1S/C8H18As/c1-7(2,3)9-8(4,5)6/h1-6H3. The predicted molar refractivity (Wildman–Crippen MR) is 45.2 cm³/mol. The Morgan fingerprint density at radius 3 is 0.889 bits per heavy atom. The Morgan fingerprint density at radius 1 is 0.667 bits per heavy atom. The average Bonchev–Trinajstić information content (AvgIpc) is 1.14. The molecule has 1 radical (unpaired) electrons. The van der Waals surface area contributed by atoms with E-state index in [9.17, 15) is 0 Å². The first-order valence-electron chi connectivity index (χ1n) is 3.45. The maximum atomic E-state index is 2.33. The van der Waals surface area contributed by atoms with Crippen molar-refractivity contribution in [2.45, 2.75) is 49.9 Å². The Hall–Kier alpha value is 0.558. The third kappa shape index (κ3) is 8.56. The molecule has 0 amide bonds. The Bertz CT molecular complexity index is 69.7. The zero-order valence-corrected chi connectivity index (χ0v) is 9.32. The first-order valence-corrected chi connectivity index (χ1v) is 5.32. The zero-order valence-electron chi connectivity index (χ0n) is 7.45. The molecule has 0 N–H and O–H groups in total. The van der Waals surface area contributed by atoms with E-state index in [1.807, 2.05) is 0 Å². The SMILES string of the molecule is CC(C)(C)[As]C(C)(C)C. The number of hydrogen-bond donors (Lipinski definition) is 0. The van der Waals surface area contributed by atoms with Gasteiger partial charge in [-0.3, -0.25) is 0 Å². The van der Waals surface area contributed by atoms with Crippen molar-refractivity contribution >= 4 is 15.8 Å². The fourth-order valence-electron chi connectivity index (χ4n) is 1.01. The van der Waals surface area contributed by atoms with Crippen molar-refractivity contribution < 1.29 is 0 Å². The second kappa shape index (κ2) is 2.66. The Balaban J connectivity index is 3.75. The Kier molecular flexibility index (Phi) is 2.82. The summed E-state index contributed by atoms with van der Waals surface area (Å²) in [6.45, 7) is 14.0. The number of rotatable bonds is 0. The zero-order chi connectivity index (χ0) is 7.71. The van der Waals surface area contributed by atoms with Crippen LogP contribution in [0.15, 0.2) is 0 Å². The summed E-state index contributed by atoms with van der Waals surface area (Å²) in [6.07, 6.45) is 0. The van der Waals surface area contributed by atoms with E-state index in [0.717, 1.165) is 0 Å².